The van der Waals surface area contributed by atoms with Crippen LogP contribution < -0.4 is 5.32 Å². The molecule has 2 aromatic rings. The highest BCUT2D eigenvalue weighted by atomic mass is 79.9. The molecule has 0 aliphatic carbocycles. The summed E-state index contributed by atoms with van der Waals surface area (Å²) in [7, 11) is 0. The molecular weight excluding hydrogens is 300 g/mol. The molecule has 5 heteroatoms. The number of hydrogen-bond acceptors (Lipinski definition) is 3. The fraction of sp³-hybridized carbons (Fsp3) is 0.167. The van der Waals surface area contributed by atoms with Crippen LogP contribution in [0.4, 0.5) is 0 Å². The standard InChI is InChI=1S/C12H11BrN2OS/c1-8-4-5-17-10(8)7-15-12(16)9-2-3-11(13)14-6-9/h2-6H,7H2,1H3,(H,15,16). The number of nitrogens with zero attached hydrogens (tertiary/aromatic N) is 1. The maximum atomic E-state index is 11.8. The fourth-order valence-corrected chi connectivity index (χ4v) is 2.44. The smallest absolute Gasteiger partial charge is 0.253 e. The van der Waals surface area contributed by atoms with Crippen LogP contribution in [-0.4, -0.2) is 10.9 Å². The monoisotopic (exact) mass is 310 g/mol. The maximum absolute atomic E-state index is 11.8. The molecule has 0 unspecified atom stereocenters. The predicted octanol–water partition coefficient (Wildman–Crippen LogP) is 3.14. The average Bonchev–Trinajstić information content (AvgIpc) is 2.73. The van der Waals surface area contributed by atoms with Crippen LogP contribution in [0, 0.1) is 6.92 Å². The van der Waals surface area contributed by atoms with E-state index in [-0.39, 0.29) is 5.91 Å². The van der Waals surface area contributed by atoms with E-state index in [4.69, 9.17) is 0 Å². The van der Waals surface area contributed by atoms with Gasteiger partial charge in [0.1, 0.15) is 4.60 Å². The van der Waals surface area contributed by atoms with Crippen molar-refractivity contribution in [3.8, 4) is 0 Å². The summed E-state index contributed by atoms with van der Waals surface area (Å²) >= 11 is 4.88. The van der Waals surface area contributed by atoms with Gasteiger partial charge in [-0.15, -0.1) is 11.3 Å². The first-order chi connectivity index (χ1) is 8.16. The first-order valence-corrected chi connectivity index (χ1v) is 6.77. The zero-order valence-electron chi connectivity index (χ0n) is 9.24. The molecule has 0 saturated heterocycles. The zero-order chi connectivity index (χ0) is 12.3. The van der Waals surface area contributed by atoms with Crippen molar-refractivity contribution in [1.82, 2.24) is 10.3 Å². The lowest BCUT2D eigenvalue weighted by atomic mass is 10.2. The van der Waals surface area contributed by atoms with Crippen molar-refractivity contribution < 1.29 is 4.79 Å². The summed E-state index contributed by atoms with van der Waals surface area (Å²) in [5, 5.41) is 4.90. The van der Waals surface area contributed by atoms with Crippen molar-refractivity contribution in [2.24, 2.45) is 0 Å². The van der Waals surface area contributed by atoms with E-state index in [1.165, 1.54) is 10.4 Å². The second-order valence-corrected chi connectivity index (χ2v) is 5.39. The van der Waals surface area contributed by atoms with Crippen LogP contribution in [0.15, 0.2) is 34.4 Å². The molecular formula is C12H11BrN2OS. The second-order valence-electron chi connectivity index (χ2n) is 3.58. The van der Waals surface area contributed by atoms with E-state index in [0.717, 1.165) is 4.60 Å². The number of carbonyl (C=O) groups excluding carboxylic acids is 1. The molecule has 0 spiro atoms. The number of thiophene rings is 1. The van der Waals surface area contributed by atoms with Crippen LogP contribution in [0.2, 0.25) is 0 Å². The minimum atomic E-state index is -0.0993. The summed E-state index contributed by atoms with van der Waals surface area (Å²) < 4.78 is 0.725. The molecule has 0 aromatic carbocycles. The molecule has 0 aliphatic rings. The summed E-state index contributed by atoms with van der Waals surface area (Å²) in [6, 6.07) is 5.55. The number of carbonyl (C=O) groups is 1. The molecule has 3 nitrogen and oxygen atoms in total. The van der Waals surface area contributed by atoms with E-state index in [9.17, 15) is 4.79 Å². The molecule has 0 bridgehead atoms. The molecule has 0 atom stereocenters. The van der Waals surface area contributed by atoms with Gasteiger partial charge in [0.2, 0.25) is 0 Å². The first kappa shape index (κ1) is 12.3. The van der Waals surface area contributed by atoms with Crippen LogP contribution in [0.5, 0.6) is 0 Å². The topological polar surface area (TPSA) is 42.0 Å². The van der Waals surface area contributed by atoms with Crippen molar-refractivity contribution in [3.05, 3.63) is 50.4 Å². The molecule has 0 saturated carbocycles. The summed E-state index contributed by atoms with van der Waals surface area (Å²) in [5.74, 6) is -0.0993. The van der Waals surface area contributed by atoms with Crippen molar-refractivity contribution >= 4 is 33.2 Å². The Bertz CT molecular complexity index is 522. The van der Waals surface area contributed by atoms with Gasteiger partial charge in [-0.2, -0.15) is 0 Å². The molecule has 2 rings (SSSR count). The zero-order valence-corrected chi connectivity index (χ0v) is 11.6. The average molecular weight is 311 g/mol. The van der Waals surface area contributed by atoms with Gasteiger partial charge in [-0.3, -0.25) is 4.79 Å². The Balaban J connectivity index is 1.98. The maximum Gasteiger partial charge on any atom is 0.253 e. The lowest BCUT2D eigenvalue weighted by molar-refractivity contribution is 0.0951. The fourth-order valence-electron chi connectivity index (χ4n) is 1.36. The Morgan fingerprint density at radius 3 is 2.88 bits per heavy atom. The minimum absolute atomic E-state index is 0.0993. The molecule has 0 aliphatic heterocycles. The third kappa shape index (κ3) is 3.14. The normalized spacial score (nSPS) is 10.2. The van der Waals surface area contributed by atoms with E-state index in [0.29, 0.717) is 12.1 Å². The van der Waals surface area contributed by atoms with E-state index in [2.05, 4.69) is 26.2 Å². The lowest BCUT2D eigenvalue weighted by Gasteiger charge is -2.04. The van der Waals surface area contributed by atoms with Gasteiger partial charge in [0.05, 0.1) is 12.1 Å². The van der Waals surface area contributed by atoms with Crippen molar-refractivity contribution in [2.75, 3.05) is 0 Å². The third-order valence-corrected chi connectivity index (χ3v) is 3.86. The molecule has 17 heavy (non-hydrogen) atoms. The number of aryl methyl sites for hydroxylation is 1. The summed E-state index contributed by atoms with van der Waals surface area (Å²) in [6.07, 6.45) is 1.56. The quantitative estimate of drug-likeness (QED) is 0.885. The number of nitrogens with one attached hydrogen (secondary N) is 1. The van der Waals surface area contributed by atoms with Gasteiger partial charge in [0.25, 0.3) is 5.91 Å². The van der Waals surface area contributed by atoms with E-state index < -0.39 is 0 Å². The third-order valence-electron chi connectivity index (χ3n) is 2.37. The predicted molar refractivity (Wildman–Crippen MR) is 72.2 cm³/mol. The van der Waals surface area contributed by atoms with Crippen molar-refractivity contribution in [1.29, 1.82) is 0 Å². The first-order valence-electron chi connectivity index (χ1n) is 5.09. The van der Waals surface area contributed by atoms with Crippen LogP contribution in [0.25, 0.3) is 0 Å². The highest BCUT2D eigenvalue weighted by Gasteiger charge is 2.06. The number of rotatable bonds is 3. The summed E-state index contributed by atoms with van der Waals surface area (Å²) in [4.78, 5) is 17.0. The SMILES string of the molecule is Cc1ccsc1CNC(=O)c1ccc(Br)nc1. The van der Waals surface area contributed by atoms with Gasteiger partial charge in [0.15, 0.2) is 0 Å². The largest absolute Gasteiger partial charge is 0.347 e. The Kier molecular flexibility index (Phi) is 3.91. The Morgan fingerprint density at radius 2 is 2.29 bits per heavy atom. The number of hydrogen-bond donors (Lipinski definition) is 1. The number of amides is 1. The van der Waals surface area contributed by atoms with Crippen LogP contribution in [0.1, 0.15) is 20.8 Å². The lowest BCUT2D eigenvalue weighted by Crippen LogP contribution is -2.22. The molecule has 1 N–H and O–H groups in total. The van der Waals surface area contributed by atoms with Crippen LogP contribution in [-0.2, 0) is 6.54 Å². The highest BCUT2D eigenvalue weighted by molar-refractivity contribution is 9.10. The van der Waals surface area contributed by atoms with Crippen LogP contribution >= 0.6 is 27.3 Å². The number of pyridine rings is 1. The summed E-state index contributed by atoms with van der Waals surface area (Å²) in [6.45, 7) is 2.61. The van der Waals surface area contributed by atoms with E-state index in [1.807, 2.05) is 18.4 Å². The van der Waals surface area contributed by atoms with Crippen LogP contribution in [0.3, 0.4) is 0 Å². The Morgan fingerprint density at radius 1 is 1.47 bits per heavy atom. The van der Waals surface area contributed by atoms with E-state index in [1.54, 1.807) is 29.7 Å². The van der Waals surface area contributed by atoms with Gasteiger partial charge in [-0.1, -0.05) is 0 Å². The second kappa shape index (κ2) is 5.42. The molecule has 0 fully saturated rings. The molecule has 1 amide bonds. The highest BCUT2D eigenvalue weighted by Crippen LogP contribution is 2.15. The van der Waals surface area contributed by atoms with Gasteiger partial charge < -0.3 is 5.32 Å². The molecule has 2 heterocycles. The van der Waals surface area contributed by atoms with Gasteiger partial charge in [0, 0.05) is 11.1 Å². The molecule has 88 valence electrons. The Labute approximate surface area is 112 Å². The number of halogens is 1. The van der Waals surface area contributed by atoms with Gasteiger partial charge >= 0.3 is 0 Å². The molecule has 0 radical (unpaired) electrons. The summed E-state index contributed by atoms with van der Waals surface area (Å²) in [5.41, 5.74) is 1.78. The van der Waals surface area contributed by atoms with Crippen molar-refractivity contribution in [3.63, 3.8) is 0 Å². The minimum Gasteiger partial charge on any atom is -0.347 e. The van der Waals surface area contributed by atoms with Crippen molar-refractivity contribution in [2.45, 2.75) is 13.5 Å². The number of aromatic nitrogens is 1. The van der Waals surface area contributed by atoms with E-state index >= 15 is 0 Å². The molecule has 2 aromatic heterocycles. The van der Waals surface area contributed by atoms with Gasteiger partial charge in [-0.25, -0.2) is 4.98 Å². The van der Waals surface area contributed by atoms with Gasteiger partial charge in [-0.05, 0) is 52.0 Å². The Hall–Kier alpha value is -1.20.